The van der Waals surface area contributed by atoms with E-state index in [-0.39, 0.29) is 17.9 Å². The quantitative estimate of drug-likeness (QED) is 0.909. The Bertz CT molecular complexity index is 581. The van der Waals surface area contributed by atoms with Gasteiger partial charge in [0.2, 0.25) is 5.91 Å². The van der Waals surface area contributed by atoms with Crippen molar-refractivity contribution in [2.75, 3.05) is 11.9 Å². The number of aromatic nitrogens is 3. The van der Waals surface area contributed by atoms with Gasteiger partial charge in [-0.25, -0.2) is 4.98 Å². The van der Waals surface area contributed by atoms with E-state index in [2.05, 4.69) is 20.5 Å². The van der Waals surface area contributed by atoms with Crippen molar-refractivity contribution in [1.29, 1.82) is 0 Å². The van der Waals surface area contributed by atoms with Crippen LogP contribution in [0.15, 0.2) is 17.8 Å². The zero-order valence-electron chi connectivity index (χ0n) is 11.1. The van der Waals surface area contributed by atoms with Gasteiger partial charge in [-0.2, -0.15) is 5.10 Å². The zero-order chi connectivity index (χ0) is 13.9. The summed E-state index contributed by atoms with van der Waals surface area (Å²) < 4.78 is 5.47. The molecule has 0 spiro atoms. The van der Waals surface area contributed by atoms with Crippen molar-refractivity contribution in [3.8, 4) is 10.7 Å². The van der Waals surface area contributed by atoms with Crippen molar-refractivity contribution < 1.29 is 9.53 Å². The number of rotatable bonds is 3. The van der Waals surface area contributed by atoms with E-state index in [1.807, 2.05) is 12.3 Å². The second-order valence-corrected chi connectivity index (χ2v) is 5.78. The Morgan fingerprint density at radius 2 is 2.50 bits per heavy atom. The van der Waals surface area contributed by atoms with Crippen molar-refractivity contribution in [3.63, 3.8) is 0 Å². The van der Waals surface area contributed by atoms with Crippen LogP contribution in [0.3, 0.4) is 0 Å². The number of hydrogen-bond donors (Lipinski definition) is 2. The van der Waals surface area contributed by atoms with E-state index in [1.54, 1.807) is 12.4 Å². The fraction of sp³-hybridized carbons (Fsp3) is 0.462. The van der Waals surface area contributed by atoms with E-state index >= 15 is 0 Å². The van der Waals surface area contributed by atoms with Crippen LogP contribution in [0.25, 0.3) is 10.7 Å². The average Bonchev–Trinajstić information content (AvgIpc) is 3.08. The van der Waals surface area contributed by atoms with Crippen molar-refractivity contribution in [1.82, 2.24) is 15.2 Å². The molecule has 1 saturated heterocycles. The first-order valence-electron chi connectivity index (χ1n) is 6.59. The molecule has 6 nitrogen and oxygen atoms in total. The Hall–Kier alpha value is -1.73. The molecule has 3 rings (SSSR count). The molecule has 2 N–H and O–H groups in total. The molecule has 2 aromatic heterocycles. The molecule has 1 amide bonds. The molecule has 1 fully saturated rings. The van der Waals surface area contributed by atoms with Crippen molar-refractivity contribution in [2.24, 2.45) is 5.92 Å². The predicted octanol–water partition coefficient (Wildman–Crippen LogP) is 2.29. The van der Waals surface area contributed by atoms with Crippen LogP contribution in [0.5, 0.6) is 0 Å². The minimum Gasteiger partial charge on any atom is -0.378 e. The first kappa shape index (κ1) is 13.3. The highest BCUT2D eigenvalue weighted by Crippen LogP contribution is 2.28. The number of aromatic amines is 1. The van der Waals surface area contributed by atoms with Crippen molar-refractivity contribution >= 4 is 22.9 Å². The van der Waals surface area contributed by atoms with Gasteiger partial charge in [0.25, 0.3) is 0 Å². The molecule has 106 valence electrons. The van der Waals surface area contributed by atoms with Crippen LogP contribution in [0, 0.1) is 5.92 Å². The van der Waals surface area contributed by atoms with Gasteiger partial charge >= 0.3 is 0 Å². The Labute approximate surface area is 120 Å². The Kier molecular flexibility index (Phi) is 3.79. The number of amides is 1. The van der Waals surface area contributed by atoms with Crippen molar-refractivity contribution in [3.05, 3.63) is 17.8 Å². The summed E-state index contributed by atoms with van der Waals surface area (Å²) in [7, 11) is 0. The molecule has 0 radical (unpaired) electrons. The van der Waals surface area contributed by atoms with Crippen LogP contribution in [-0.2, 0) is 9.53 Å². The number of H-pyrrole nitrogens is 1. The van der Waals surface area contributed by atoms with E-state index < -0.39 is 0 Å². The summed E-state index contributed by atoms with van der Waals surface area (Å²) in [6.45, 7) is 2.64. The van der Waals surface area contributed by atoms with E-state index in [0.717, 1.165) is 23.5 Å². The monoisotopic (exact) mass is 292 g/mol. The SMILES string of the molecule is CC1CC(C(=O)Nc2cn[nH]c2-c2nccs2)CCO1. The van der Waals surface area contributed by atoms with Crippen LogP contribution in [0.1, 0.15) is 19.8 Å². The number of carbonyl (C=O) groups is 1. The van der Waals surface area contributed by atoms with Crippen LogP contribution >= 0.6 is 11.3 Å². The second-order valence-electron chi connectivity index (χ2n) is 4.89. The summed E-state index contributed by atoms with van der Waals surface area (Å²) in [6.07, 6.45) is 5.02. The second kappa shape index (κ2) is 5.72. The molecular weight excluding hydrogens is 276 g/mol. The highest BCUT2D eigenvalue weighted by Gasteiger charge is 2.26. The minimum absolute atomic E-state index is 0.00204. The van der Waals surface area contributed by atoms with Gasteiger partial charge in [-0.05, 0) is 19.8 Å². The zero-order valence-corrected chi connectivity index (χ0v) is 11.9. The van der Waals surface area contributed by atoms with Gasteiger partial charge in [-0.15, -0.1) is 11.3 Å². The fourth-order valence-corrected chi connectivity index (χ4v) is 3.01. The normalized spacial score (nSPS) is 22.6. The molecule has 0 bridgehead atoms. The predicted molar refractivity (Wildman–Crippen MR) is 76.5 cm³/mol. The number of anilines is 1. The summed E-state index contributed by atoms with van der Waals surface area (Å²) >= 11 is 1.50. The lowest BCUT2D eigenvalue weighted by Crippen LogP contribution is -2.32. The third-order valence-corrected chi connectivity index (χ3v) is 4.19. The fourth-order valence-electron chi connectivity index (χ4n) is 2.36. The van der Waals surface area contributed by atoms with Gasteiger partial charge in [0.1, 0.15) is 10.7 Å². The number of thiazole rings is 1. The maximum atomic E-state index is 12.3. The number of nitrogens with one attached hydrogen (secondary N) is 2. The third-order valence-electron chi connectivity index (χ3n) is 3.40. The largest absolute Gasteiger partial charge is 0.378 e. The van der Waals surface area contributed by atoms with Gasteiger partial charge < -0.3 is 10.1 Å². The molecule has 2 atom stereocenters. The Balaban J connectivity index is 1.72. The lowest BCUT2D eigenvalue weighted by Gasteiger charge is -2.26. The number of ether oxygens (including phenoxy) is 1. The van der Waals surface area contributed by atoms with Gasteiger partial charge in [0.15, 0.2) is 0 Å². The molecule has 0 saturated carbocycles. The van der Waals surface area contributed by atoms with Crippen LogP contribution in [-0.4, -0.2) is 33.8 Å². The summed E-state index contributed by atoms with van der Waals surface area (Å²) in [5.74, 6) is 0.0251. The van der Waals surface area contributed by atoms with Crippen LogP contribution in [0.2, 0.25) is 0 Å². The lowest BCUT2D eigenvalue weighted by molar-refractivity contribution is -0.124. The van der Waals surface area contributed by atoms with Crippen molar-refractivity contribution in [2.45, 2.75) is 25.9 Å². The van der Waals surface area contributed by atoms with E-state index in [1.165, 1.54) is 11.3 Å². The number of carbonyl (C=O) groups excluding carboxylic acids is 1. The average molecular weight is 292 g/mol. The maximum Gasteiger partial charge on any atom is 0.227 e. The first-order valence-corrected chi connectivity index (χ1v) is 7.47. The molecule has 1 aliphatic rings. The lowest BCUT2D eigenvalue weighted by atomic mass is 9.95. The molecule has 2 unspecified atom stereocenters. The first-order chi connectivity index (χ1) is 9.74. The highest BCUT2D eigenvalue weighted by atomic mass is 32.1. The smallest absolute Gasteiger partial charge is 0.227 e. The molecule has 3 heterocycles. The topological polar surface area (TPSA) is 79.9 Å². The maximum absolute atomic E-state index is 12.3. The molecule has 1 aliphatic heterocycles. The van der Waals surface area contributed by atoms with Crippen LogP contribution in [0.4, 0.5) is 5.69 Å². The van der Waals surface area contributed by atoms with Gasteiger partial charge in [0, 0.05) is 24.1 Å². The van der Waals surface area contributed by atoms with Gasteiger partial charge in [0.05, 0.1) is 18.0 Å². The molecule has 2 aromatic rings. The molecule has 0 aliphatic carbocycles. The number of hydrogen-bond acceptors (Lipinski definition) is 5. The number of nitrogens with zero attached hydrogens (tertiary/aromatic N) is 2. The highest BCUT2D eigenvalue weighted by molar-refractivity contribution is 7.13. The summed E-state index contributed by atoms with van der Waals surface area (Å²) in [5, 5.41) is 12.5. The minimum atomic E-state index is -0.00204. The summed E-state index contributed by atoms with van der Waals surface area (Å²) in [4.78, 5) is 16.5. The third kappa shape index (κ3) is 2.73. The molecular formula is C13H16N4O2S. The van der Waals surface area contributed by atoms with Crippen LogP contribution < -0.4 is 5.32 Å². The Morgan fingerprint density at radius 1 is 1.60 bits per heavy atom. The van der Waals surface area contributed by atoms with Gasteiger partial charge in [-0.1, -0.05) is 0 Å². The Morgan fingerprint density at radius 3 is 3.25 bits per heavy atom. The van der Waals surface area contributed by atoms with Gasteiger partial charge in [-0.3, -0.25) is 9.89 Å². The molecule has 20 heavy (non-hydrogen) atoms. The summed E-state index contributed by atoms with van der Waals surface area (Å²) in [5.41, 5.74) is 1.44. The van der Waals surface area contributed by atoms with E-state index in [0.29, 0.717) is 12.3 Å². The van der Waals surface area contributed by atoms with E-state index in [9.17, 15) is 4.79 Å². The summed E-state index contributed by atoms with van der Waals surface area (Å²) in [6, 6.07) is 0. The van der Waals surface area contributed by atoms with E-state index in [4.69, 9.17) is 4.74 Å². The standard InChI is InChI=1S/C13H16N4O2S/c1-8-6-9(2-4-19-8)12(18)16-10-7-15-17-11(10)13-14-3-5-20-13/h3,5,7-9H,2,4,6H2,1H3,(H,15,17)(H,16,18). The molecule has 7 heteroatoms. The molecule has 0 aromatic carbocycles.